The van der Waals surface area contributed by atoms with Gasteiger partial charge in [-0.05, 0) is 24.1 Å². The summed E-state index contributed by atoms with van der Waals surface area (Å²) in [5.41, 5.74) is 6.82. The standard InChI is InChI=1S/C24H22N4OS/c1-17(2)22-13-19(16-30-22)24(29)26-25-14-20-15-28(21-11-7-4-8-12-21)27-23(20)18-9-5-3-6-10-18/h3-17H,1-2H3,(H,26,29)/b25-14+. The molecule has 0 fully saturated rings. The number of nitrogens with zero attached hydrogens (tertiary/aromatic N) is 3. The Morgan fingerprint density at radius 3 is 2.47 bits per heavy atom. The number of rotatable bonds is 6. The van der Waals surface area contributed by atoms with Gasteiger partial charge in [-0.1, -0.05) is 62.4 Å². The molecule has 0 atom stereocenters. The number of benzene rings is 2. The van der Waals surface area contributed by atoms with Crippen molar-refractivity contribution in [1.82, 2.24) is 15.2 Å². The van der Waals surface area contributed by atoms with E-state index in [-0.39, 0.29) is 5.91 Å². The highest BCUT2D eigenvalue weighted by molar-refractivity contribution is 7.10. The first-order valence-electron chi connectivity index (χ1n) is 9.74. The summed E-state index contributed by atoms with van der Waals surface area (Å²) in [6.45, 7) is 4.22. The number of hydrazone groups is 1. The van der Waals surface area contributed by atoms with Crippen molar-refractivity contribution in [2.75, 3.05) is 0 Å². The predicted octanol–water partition coefficient (Wildman–Crippen LogP) is 5.49. The summed E-state index contributed by atoms with van der Waals surface area (Å²) in [5, 5.41) is 10.8. The summed E-state index contributed by atoms with van der Waals surface area (Å²) < 4.78 is 1.82. The highest BCUT2D eigenvalue weighted by Gasteiger charge is 2.12. The van der Waals surface area contributed by atoms with Crippen LogP contribution in [0.1, 0.15) is 40.6 Å². The summed E-state index contributed by atoms with van der Waals surface area (Å²) in [5.74, 6) is 0.184. The molecule has 0 unspecified atom stereocenters. The van der Waals surface area contributed by atoms with Gasteiger partial charge in [-0.3, -0.25) is 4.79 Å². The summed E-state index contributed by atoms with van der Waals surface area (Å²) in [6.07, 6.45) is 3.55. The minimum absolute atomic E-state index is 0.217. The first-order chi connectivity index (χ1) is 14.6. The number of carbonyl (C=O) groups excluding carboxylic acids is 1. The lowest BCUT2D eigenvalue weighted by Crippen LogP contribution is -2.16. The Balaban J connectivity index is 1.59. The van der Waals surface area contributed by atoms with Gasteiger partial charge in [0.2, 0.25) is 0 Å². The van der Waals surface area contributed by atoms with E-state index in [4.69, 9.17) is 5.10 Å². The molecule has 0 aliphatic rings. The topological polar surface area (TPSA) is 59.3 Å². The number of nitrogens with one attached hydrogen (secondary N) is 1. The van der Waals surface area contributed by atoms with Gasteiger partial charge in [0.1, 0.15) is 5.69 Å². The molecule has 0 bridgehead atoms. The van der Waals surface area contributed by atoms with Crippen LogP contribution in [0.25, 0.3) is 16.9 Å². The van der Waals surface area contributed by atoms with Crippen molar-refractivity contribution in [2.24, 2.45) is 5.10 Å². The number of para-hydroxylation sites is 1. The maximum atomic E-state index is 12.4. The van der Waals surface area contributed by atoms with Crippen LogP contribution in [0.4, 0.5) is 0 Å². The van der Waals surface area contributed by atoms with Gasteiger partial charge in [0, 0.05) is 27.6 Å². The fourth-order valence-corrected chi connectivity index (χ4v) is 3.92. The average molecular weight is 415 g/mol. The van der Waals surface area contributed by atoms with Crippen LogP contribution in [0.2, 0.25) is 0 Å². The predicted molar refractivity (Wildman–Crippen MR) is 122 cm³/mol. The second-order valence-corrected chi connectivity index (χ2v) is 8.11. The van der Waals surface area contributed by atoms with Gasteiger partial charge in [0.25, 0.3) is 5.91 Å². The molecule has 6 heteroatoms. The van der Waals surface area contributed by atoms with Gasteiger partial charge in [-0.15, -0.1) is 11.3 Å². The van der Waals surface area contributed by atoms with E-state index in [1.807, 2.05) is 83.0 Å². The third kappa shape index (κ3) is 4.39. The molecule has 1 amide bonds. The van der Waals surface area contributed by atoms with Crippen LogP contribution in [-0.2, 0) is 0 Å². The zero-order valence-electron chi connectivity index (χ0n) is 16.8. The summed E-state index contributed by atoms with van der Waals surface area (Å²) in [7, 11) is 0. The molecular formula is C24H22N4OS. The van der Waals surface area contributed by atoms with Gasteiger partial charge in [0.05, 0.1) is 17.5 Å². The molecule has 2 aromatic heterocycles. The van der Waals surface area contributed by atoms with Crippen LogP contribution in [0.15, 0.2) is 83.4 Å². The molecule has 5 nitrogen and oxygen atoms in total. The van der Waals surface area contributed by atoms with E-state index >= 15 is 0 Å². The number of amides is 1. The Hall–Kier alpha value is -3.51. The van der Waals surface area contributed by atoms with Gasteiger partial charge >= 0.3 is 0 Å². The van der Waals surface area contributed by atoms with Crippen LogP contribution in [-0.4, -0.2) is 21.9 Å². The second-order valence-electron chi connectivity index (χ2n) is 7.17. The Morgan fingerprint density at radius 2 is 1.80 bits per heavy atom. The molecule has 2 aromatic carbocycles. The molecule has 30 heavy (non-hydrogen) atoms. The molecule has 0 aliphatic heterocycles. The Kier molecular flexibility index (Phi) is 5.86. The molecular weight excluding hydrogens is 392 g/mol. The fourth-order valence-electron chi connectivity index (χ4n) is 3.01. The van der Waals surface area contributed by atoms with Crippen LogP contribution >= 0.6 is 11.3 Å². The van der Waals surface area contributed by atoms with Crippen LogP contribution in [0, 0.1) is 0 Å². The van der Waals surface area contributed by atoms with Crippen LogP contribution in [0.3, 0.4) is 0 Å². The molecule has 2 heterocycles. The number of carbonyl (C=O) groups is 1. The van der Waals surface area contributed by atoms with Gasteiger partial charge < -0.3 is 0 Å². The number of aromatic nitrogens is 2. The van der Waals surface area contributed by atoms with E-state index in [1.165, 1.54) is 4.88 Å². The first-order valence-corrected chi connectivity index (χ1v) is 10.6. The molecule has 4 aromatic rings. The van der Waals surface area contributed by atoms with Crippen molar-refractivity contribution in [3.05, 3.63) is 94.3 Å². The minimum Gasteiger partial charge on any atom is -0.267 e. The van der Waals surface area contributed by atoms with Crippen LogP contribution in [0.5, 0.6) is 0 Å². The Labute approximate surface area is 179 Å². The van der Waals surface area contributed by atoms with E-state index < -0.39 is 0 Å². The highest BCUT2D eigenvalue weighted by Crippen LogP contribution is 2.24. The molecule has 0 spiro atoms. The molecule has 0 saturated heterocycles. The summed E-state index contributed by atoms with van der Waals surface area (Å²) in [4.78, 5) is 13.6. The summed E-state index contributed by atoms with van der Waals surface area (Å²) >= 11 is 1.59. The molecule has 4 rings (SSSR count). The number of hydrogen-bond acceptors (Lipinski definition) is 4. The first kappa shape index (κ1) is 19.8. The van der Waals surface area contributed by atoms with Gasteiger partial charge in [-0.25, -0.2) is 10.1 Å². The van der Waals surface area contributed by atoms with E-state index in [1.54, 1.807) is 17.6 Å². The van der Waals surface area contributed by atoms with Gasteiger partial charge in [-0.2, -0.15) is 10.2 Å². The third-order valence-corrected chi connectivity index (χ3v) is 5.86. The lowest BCUT2D eigenvalue weighted by atomic mass is 10.1. The maximum Gasteiger partial charge on any atom is 0.272 e. The summed E-state index contributed by atoms with van der Waals surface area (Å²) in [6, 6.07) is 21.8. The number of hydrogen-bond donors (Lipinski definition) is 1. The largest absolute Gasteiger partial charge is 0.272 e. The normalized spacial score (nSPS) is 11.3. The zero-order chi connectivity index (χ0) is 20.9. The Morgan fingerprint density at radius 1 is 1.10 bits per heavy atom. The van der Waals surface area contributed by atoms with E-state index in [0.29, 0.717) is 11.5 Å². The van der Waals surface area contributed by atoms with Crippen molar-refractivity contribution >= 4 is 23.5 Å². The molecule has 0 aliphatic carbocycles. The quantitative estimate of drug-likeness (QED) is 0.335. The van der Waals surface area contributed by atoms with Crippen molar-refractivity contribution in [3.63, 3.8) is 0 Å². The molecule has 1 N–H and O–H groups in total. The van der Waals surface area contributed by atoms with Crippen molar-refractivity contribution < 1.29 is 4.79 Å². The maximum absolute atomic E-state index is 12.4. The third-order valence-electron chi connectivity index (χ3n) is 4.63. The number of thiophene rings is 1. The van der Waals surface area contributed by atoms with Crippen molar-refractivity contribution in [1.29, 1.82) is 0 Å². The molecule has 0 radical (unpaired) electrons. The average Bonchev–Trinajstić information content (AvgIpc) is 3.43. The highest BCUT2D eigenvalue weighted by atomic mass is 32.1. The lowest BCUT2D eigenvalue weighted by molar-refractivity contribution is 0.0955. The van der Waals surface area contributed by atoms with E-state index in [0.717, 1.165) is 22.5 Å². The minimum atomic E-state index is -0.217. The Bertz CT molecular complexity index is 1160. The smallest absolute Gasteiger partial charge is 0.267 e. The lowest BCUT2D eigenvalue weighted by Gasteiger charge is -2.00. The monoisotopic (exact) mass is 414 g/mol. The van der Waals surface area contributed by atoms with Crippen molar-refractivity contribution in [2.45, 2.75) is 19.8 Å². The SMILES string of the molecule is CC(C)c1cc(C(=O)N/N=C/c2cn(-c3ccccc3)nc2-c2ccccc2)cs1. The van der Waals surface area contributed by atoms with E-state index in [2.05, 4.69) is 24.4 Å². The van der Waals surface area contributed by atoms with Gasteiger partial charge in [0.15, 0.2) is 0 Å². The van der Waals surface area contributed by atoms with Crippen molar-refractivity contribution in [3.8, 4) is 16.9 Å². The zero-order valence-corrected chi connectivity index (χ0v) is 17.6. The molecule has 150 valence electrons. The second kappa shape index (κ2) is 8.88. The van der Waals surface area contributed by atoms with Crippen LogP contribution < -0.4 is 5.43 Å². The molecule has 0 saturated carbocycles. The fraction of sp³-hybridized carbons (Fsp3) is 0.125. The van der Waals surface area contributed by atoms with E-state index in [9.17, 15) is 4.79 Å².